The Morgan fingerprint density at radius 3 is 2.31 bits per heavy atom. The first-order valence-electron chi connectivity index (χ1n) is 15.6. The standard InChI is InChI=1S/C38H34N5O5/c1-45-29-15-11-25(12-16-29)32-10-6-9-28(34(32)26-13-17-30(46-2)18-14-26)21-47-22-31-19-20-33(48-31)43-24-41-35-36(39-23-40-37(35)43)42-38(44)27-7-4-3-5-8-27/h3-19,23-24,31,33H,20-22H2,1-2H3,(H,39,40,42,44)/t31-,33-/m1/s1. The number of benzene rings is 4. The first-order chi connectivity index (χ1) is 23.6. The van der Waals surface area contributed by atoms with E-state index in [0.717, 1.165) is 39.3 Å². The van der Waals surface area contributed by atoms with Crippen LogP contribution in [0.1, 0.15) is 28.6 Å². The fourth-order valence-electron chi connectivity index (χ4n) is 5.91. The first-order valence-corrected chi connectivity index (χ1v) is 15.6. The predicted molar refractivity (Wildman–Crippen MR) is 183 cm³/mol. The second-order valence-corrected chi connectivity index (χ2v) is 11.3. The highest BCUT2D eigenvalue weighted by Gasteiger charge is 2.29. The third kappa shape index (κ3) is 6.48. The average molecular weight is 641 g/mol. The Bertz CT molecular complexity index is 2010. The van der Waals surface area contributed by atoms with Gasteiger partial charge in [-0.25, -0.2) is 15.0 Å². The van der Waals surface area contributed by atoms with Crippen molar-refractivity contribution in [3.63, 3.8) is 0 Å². The molecule has 1 N–H and O–H groups in total. The highest BCUT2D eigenvalue weighted by Crippen LogP contribution is 2.37. The van der Waals surface area contributed by atoms with Crippen molar-refractivity contribution >= 4 is 22.9 Å². The molecule has 0 saturated carbocycles. The number of carbonyl (C=O) groups excluding carboxylic acids is 1. The van der Waals surface area contributed by atoms with Crippen molar-refractivity contribution in [2.24, 2.45) is 0 Å². The molecule has 0 unspecified atom stereocenters. The summed E-state index contributed by atoms with van der Waals surface area (Å²) >= 11 is 0. The highest BCUT2D eigenvalue weighted by molar-refractivity contribution is 6.06. The number of aromatic nitrogens is 4. The van der Waals surface area contributed by atoms with Crippen molar-refractivity contribution in [1.82, 2.24) is 19.5 Å². The maximum atomic E-state index is 12.7. The van der Waals surface area contributed by atoms with E-state index < -0.39 is 0 Å². The molecule has 0 aliphatic carbocycles. The third-order valence-corrected chi connectivity index (χ3v) is 8.34. The number of anilines is 1. The van der Waals surface area contributed by atoms with E-state index in [1.54, 1.807) is 32.7 Å². The molecule has 3 heterocycles. The number of hydrogen-bond donors (Lipinski definition) is 1. The Hall–Kier alpha value is -5.58. The Morgan fingerprint density at radius 1 is 0.854 bits per heavy atom. The maximum absolute atomic E-state index is 12.7. The molecule has 2 atom stereocenters. The summed E-state index contributed by atoms with van der Waals surface area (Å²) in [4.78, 5) is 26.0. The monoisotopic (exact) mass is 640 g/mol. The van der Waals surface area contributed by atoms with E-state index >= 15 is 0 Å². The molecule has 1 fully saturated rings. The molecule has 1 aliphatic rings. The number of ether oxygens (including phenoxy) is 4. The average Bonchev–Trinajstić information content (AvgIpc) is 3.80. The van der Waals surface area contributed by atoms with Crippen LogP contribution in [0.2, 0.25) is 0 Å². The zero-order valence-corrected chi connectivity index (χ0v) is 26.6. The van der Waals surface area contributed by atoms with Crippen LogP contribution in [0.3, 0.4) is 0 Å². The lowest BCUT2D eigenvalue weighted by Crippen LogP contribution is -2.17. The van der Waals surface area contributed by atoms with E-state index in [1.165, 1.54) is 6.33 Å². The van der Waals surface area contributed by atoms with Gasteiger partial charge in [-0.05, 0) is 77.1 Å². The molecular weight excluding hydrogens is 606 g/mol. The zero-order valence-electron chi connectivity index (χ0n) is 26.6. The normalized spacial score (nSPS) is 15.8. The van der Waals surface area contributed by atoms with Gasteiger partial charge < -0.3 is 24.3 Å². The number of nitrogens with zero attached hydrogens (tertiary/aromatic N) is 4. The van der Waals surface area contributed by atoms with Gasteiger partial charge in [0.2, 0.25) is 0 Å². The van der Waals surface area contributed by atoms with Crippen LogP contribution in [0.5, 0.6) is 11.5 Å². The summed E-state index contributed by atoms with van der Waals surface area (Å²) in [5.74, 6) is 1.69. The van der Waals surface area contributed by atoms with Gasteiger partial charge in [0.05, 0.1) is 39.9 Å². The number of fused-ring (bicyclic) bond motifs is 1. The van der Waals surface area contributed by atoms with Gasteiger partial charge in [-0.1, -0.05) is 60.7 Å². The van der Waals surface area contributed by atoms with Gasteiger partial charge >= 0.3 is 0 Å². The van der Waals surface area contributed by atoms with Crippen molar-refractivity contribution in [2.75, 3.05) is 26.1 Å². The predicted octanol–water partition coefficient (Wildman–Crippen LogP) is 7.14. The smallest absolute Gasteiger partial charge is 0.256 e. The van der Waals surface area contributed by atoms with Crippen molar-refractivity contribution in [2.45, 2.75) is 25.4 Å². The molecule has 1 amide bonds. The lowest BCUT2D eigenvalue weighted by atomic mass is 9.90. The van der Waals surface area contributed by atoms with E-state index in [9.17, 15) is 4.79 Å². The molecule has 7 rings (SSSR count). The summed E-state index contributed by atoms with van der Waals surface area (Å²) < 4.78 is 25.3. The van der Waals surface area contributed by atoms with Crippen LogP contribution >= 0.6 is 0 Å². The quantitative estimate of drug-likeness (QED) is 0.159. The van der Waals surface area contributed by atoms with Crippen LogP contribution in [-0.4, -0.2) is 52.4 Å². The fraction of sp³-hybridized carbons (Fsp3) is 0.184. The Balaban J connectivity index is 1.05. The Labute approximate surface area is 278 Å². The van der Waals surface area contributed by atoms with E-state index in [-0.39, 0.29) is 18.2 Å². The molecule has 2 aromatic heterocycles. The van der Waals surface area contributed by atoms with Crippen LogP contribution in [0, 0.1) is 6.42 Å². The molecule has 1 saturated heterocycles. The summed E-state index contributed by atoms with van der Waals surface area (Å²) in [6.45, 7) is 0.779. The number of imidazole rings is 1. The van der Waals surface area contributed by atoms with Crippen molar-refractivity contribution in [3.8, 4) is 33.8 Å². The summed E-state index contributed by atoms with van der Waals surface area (Å²) in [5, 5.41) is 2.85. The van der Waals surface area contributed by atoms with Crippen LogP contribution in [0.25, 0.3) is 33.4 Å². The van der Waals surface area contributed by atoms with Crippen molar-refractivity contribution in [3.05, 3.63) is 127 Å². The van der Waals surface area contributed by atoms with Gasteiger partial charge in [0.15, 0.2) is 17.0 Å². The Morgan fingerprint density at radius 2 is 1.58 bits per heavy atom. The number of nitrogens with one attached hydrogen (secondary N) is 1. The van der Waals surface area contributed by atoms with Gasteiger partial charge in [0.1, 0.15) is 24.1 Å². The van der Waals surface area contributed by atoms with Crippen LogP contribution in [0.4, 0.5) is 5.82 Å². The second-order valence-electron chi connectivity index (χ2n) is 11.3. The van der Waals surface area contributed by atoms with Crippen LogP contribution < -0.4 is 14.8 Å². The molecule has 0 bridgehead atoms. The summed E-state index contributed by atoms with van der Waals surface area (Å²) in [6, 6.07) is 31.4. The summed E-state index contributed by atoms with van der Waals surface area (Å²) in [7, 11) is 3.33. The van der Waals surface area contributed by atoms with Crippen LogP contribution in [0.15, 0.2) is 110 Å². The molecule has 1 radical (unpaired) electrons. The van der Waals surface area contributed by atoms with E-state index in [1.807, 2.05) is 47.0 Å². The minimum atomic E-state index is -0.315. The fourth-order valence-corrected chi connectivity index (χ4v) is 5.91. The number of amides is 1. The zero-order chi connectivity index (χ0) is 32.9. The minimum absolute atomic E-state index is 0.222. The van der Waals surface area contributed by atoms with E-state index in [4.69, 9.17) is 18.9 Å². The number of rotatable bonds is 11. The highest BCUT2D eigenvalue weighted by atomic mass is 16.5. The Kier molecular flexibility index (Phi) is 9.08. The number of methoxy groups -OCH3 is 2. The van der Waals surface area contributed by atoms with Gasteiger partial charge in [0.25, 0.3) is 5.91 Å². The maximum Gasteiger partial charge on any atom is 0.256 e. The van der Waals surface area contributed by atoms with Gasteiger partial charge in [-0.2, -0.15) is 0 Å². The molecule has 1 aliphatic heterocycles. The summed E-state index contributed by atoms with van der Waals surface area (Å²) in [5.41, 5.74) is 7.01. The molecule has 4 aromatic carbocycles. The summed E-state index contributed by atoms with van der Waals surface area (Å²) in [6.07, 6.45) is 5.31. The number of hydrogen-bond acceptors (Lipinski definition) is 8. The molecule has 48 heavy (non-hydrogen) atoms. The SMILES string of the molecule is COc1ccc(-c2cccc(COC[C@H]3[CH]C[C@H](n4cnc5c(NC(=O)c6ccccc6)ncnc54)O3)c2-c2ccc(OC)cc2)cc1. The van der Waals surface area contributed by atoms with Crippen molar-refractivity contribution < 1.29 is 23.7 Å². The van der Waals surface area contributed by atoms with E-state index in [0.29, 0.717) is 42.2 Å². The largest absolute Gasteiger partial charge is 0.497 e. The van der Waals surface area contributed by atoms with Gasteiger partial charge in [-0.15, -0.1) is 0 Å². The minimum Gasteiger partial charge on any atom is -0.497 e. The van der Waals surface area contributed by atoms with Crippen molar-refractivity contribution in [1.29, 1.82) is 0 Å². The molecular formula is C38H34N5O5. The van der Waals surface area contributed by atoms with Gasteiger partial charge in [0, 0.05) is 5.56 Å². The number of carbonyl (C=O) groups is 1. The molecule has 10 heteroatoms. The lowest BCUT2D eigenvalue weighted by Gasteiger charge is -2.18. The third-order valence-electron chi connectivity index (χ3n) is 8.34. The lowest BCUT2D eigenvalue weighted by molar-refractivity contribution is -0.0374. The molecule has 10 nitrogen and oxygen atoms in total. The molecule has 241 valence electrons. The van der Waals surface area contributed by atoms with Gasteiger partial charge in [-0.3, -0.25) is 9.36 Å². The second kappa shape index (κ2) is 14.0. The van der Waals surface area contributed by atoms with Crippen LogP contribution in [-0.2, 0) is 16.1 Å². The van der Waals surface area contributed by atoms with E-state index in [2.05, 4.69) is 69.2 Å². The first kappa shape index (κ1) is 31.0. The molecule has 0 spiro atoms. The molecule has 6 aromatic rings. The topological polar surface area (TPSA) is 110 Å².